The average Bonchev–Trinajstić information content (AvgIpc) is 3.13. The molecule has 0 aliphatic heterocycles. The molecule has 1 aromatic heterocycles. The lowest BCUT2D eigenvalue weighted by molar-refractivity contribution is 0.175. The van der Waals surface area contributed by atoms with Gasteiger partial charge in [0.2, 0.25) is 10.0 Å². The number of hydrogen-bond donors (Lipinski definition) is 2. The quantitative estimate of drug-likeness (QED) is 0.831. The van der Waals surface area contributed by atoms with Gasteiger partial charge in [-0.05, 0) is 54.9 Å². The first-order chi connectivity index (χ1) is 11.9. The Bertz CT molecular complexity index is 895. The first-order valence-corrected chi connectivity index (χ1v) is 11.1. The Balaban J connectivity index is 1.74. The van der Waals surface area contributed by atoms with E-state index in [2.05, 4.69) is 10.8 Å². The van der Waals surface area contributed by atoms with Gasteiger partial charge in [0.25, 0.3) is 0 Å². The highest BCUT2D eigenvalue weighted by atomic mass is 35.5. The molecule has 0 radical (unpaired) electrons. The van der Waals surface area contributed by atoms with E-state index in [0.29, 0.717) is 10.3 Å². The van der Waals surface area contributed by atoms with Gasteiger partial charge in [0.1, 0.15) is 4.21 Å². The van der Waals surface area contributed by atoms with Gasteiger partial charge in [0.05, 0.1) is 10.9 Å². The van der Waals surface area contributed by atoms with Gasteiger partial charge in [-0.25, -0.2) is 13.1 Å². The minimum Gasteiger partial charge on any atom is -0.395 e. The van der Waals surface area contributed by atoms with Crippen LogP contribution in [0.4, 0.5) is 0 Å². The molecule has 1 fully saturated rings. The molecule has 1 saturated carbocycles. The Morgan fingerprint density at radius 2 is 2.08 bits per heavy atom. The molecule has 1 heterocycles. The number of thiophene rings is 1. The third-order valence-corrected chi connectivity index (χ3v) is 8.85. The Morgan fingerprint density at radius 1 is 1.28 bits per heavy atom. The van der Waals surface area contributed by atoms with Crippen molar-refractivity contribution in [1.29, 1.82) is 0 Å². The summed E-state index contributed by atoms with van der Waals surface area (Å²) in [6, 6.07) is 10.9. The summed E-state index contributed by atoms with van der Waals surface area (Å²) >= 11 is 6.95. The lowest BCUT2D eigenvalue weighted by Gasteiger charge is -2.36. The second-order valence-corrected chi connectivity index (χ2v) is 10.7. The fourth-order valence-electron chi connectivity index (χ4n) is 4.51. The maximum Gasteiger partial charge on any atom is 0.250 e. The summed E-state index contributed by atoms with van der Waals surface area (Å²) in [6.45, 7) is -0.0567. The number of halogens is 1. The highest BCUT2D eigenvalue weighted by molar-refractivity contribution is 7.91. The third kappa shape index (κ3) is 2.94. The normalized spacial score (nSPS) is 28.6. The molecule has 4 rings (SSSR count). The number of benzene rings is 1. The van der Waals surface area contributed by atoms with Crippen LogP contribution in [0.5, 0.6) is 0 Å². The number of rotatable bonds is 4. The monoisotopic (exact) mass is 397 g/mol. The molecule has 3 unspecified atom stereocenters. The molecule has 0 amide bonds. The summed E-state index contributed by atoms with van der Waals surface area (Å²) in [5.41, 5.74) is 1.77. The predicted octanol–water partition coefficient (Wildman–Crippen LogP) is 3.33. The number of aliphatic hydroxyl groups excluding tert-OH is 1. The minimum absolute atomic E-state index is 0.0567. The van der Waals surface area contributed by atoms with Gasteiger partial charge in [-0.2, -0.15) is 0 Å². The molecule has 2 aliphatic rings. The van der Waals surface area contributed by atoms with Crippen LogP contribution in [0.2, 0.25) is 4.34 Å². The predicted molar refractivity (Wildman–Crippen MR) is 99.7 cm³/mol. The van der Waals surface area contributed by atoms with Gasteiger partial charge < -0.3 is 5.11 Å². The topological polar surface area (TPSA) is 66.4 Å². The van der Waals surface area contributed by atoms with Gasteiger partial charge in [0, 0.05) is 11.5 Å². The highest BCUT2D eigenvalue weighted by Gasteiger charge is 2.51. The first kappa shape index (κ1) is 17.5. The lowest BCUT2D eigenvalue weighted by atomic mass is 9.75. The van der Waals surface area contributed by atoms with Crippen LogP contribution in [0.15, 0.2) is 40.6 Å². The first-order valence-electron chi connectivity index (χ1n) is 8.41. The summed E-state index contributed by atoms with van der Waals surface area (Å²) in [6.07, 6.45) is 3.59. The van der Waals surface area contributed by atoms with E-state index in [4.69, 9.17) is 11.6 Å². The van der Waals surface area contributed by atoms with Crippen molar-refractivity contribution in [3.8, 4) is 0 Å². The molecular weight excluding hydrogens is 378 g/mol. The van der Waals surface area contributed by atoms with Crippen molar-refractivity contribution in [3.05, 3.63) is 51.9 Å². The second-order valence-electron chi connectivity index (χ2n) is 7.05. The van der Waals surface area contributed by atoms with Crippen LogP contribution >= 0.6 is 22.9 Å². The van der Waals surface area contributed by atoms with Gasteiger partial charge >= 0.3 is 0 Å². The van der Waals surface area contributed by atoms with Crippen molar-refractivity contribution in [2.75, 3.05) is 6.61 Å². The van der Waals surface area contributed by atoms with E-state index < -0.39 is 15.4 Å². The maximum atomic E-state index is 12.8. The summed E-state index contributed by atoms with van der Waals surface area (Å²) < 4.78 is 29.2. The van der Waals surface area contributed by atoms with E-state index in [1.807, 2.05) is 18.2 Å². The van der Waals surface area contributed by atoms with Crippen molar-refractivity contribution >= 4 is 33.0 Å². The summed E-state index contributed by atoms with van der Waals surface area (Å²) in [5.74, 6) is 0.416. The van der Waals surface area contributed by atoms with Crippen molar-refractivity contribution in [2.24, 2.45) is 5.92 Å². The zero-order valence-corrected chi connectivity index (χ0v) is 16.0. The van der Waals surface area contributed by atoms with E-state index in [0.717, 1.165) is 42.6 Å². The molecule has 4 nitrogen and oxygen atoms in total. The van der Waals surface area contributed by atoms with Crippen molar-refractivity contribution < 1.29 is 13.5 Å². The van der Waals surface area contributed by atoms with Crippen molar-refractivity contribution in [3.63, 3.8) is 0 Å². The molecule has 7 heteroatoms. The molecule has 2 aliphatic carbocycles. The smallest absolute Gasteiger partial charge is 0.250 e. The summed E-state index contributed by atoms with van der Waals surface area (Å²) in [5, 5.41) is 10.3. The van der Waals surface area contributed by atoms with Crippen LogP contribution in [0.25, 0.3) is 0 Å². The third-order valence-electron chi connectivity index (χ3n) is 5.66. The Kier molecular flexibility index (Phi) is 4.45. The molecule has 2 aromatic rings. The Hall–Kier alpha value is -0.920. The highest BCUT2D eigenvalue weighted by Crippen LogP contribution is 2.49. The fraction of sp³-hybridized carbons (Fsp3) is 0.444. The number of sulfonamides is 1. The van der Waals surface area contributed by atoms with Crippen molar-refractivity contribution in [1.82, 2.24) is 4.72 Å². The van der Waals surface area contributed by atoms with E-state index in [1.54, 1.807) is 6.07 Å². The Labute approximate surface area is 156 Å². The van der Waals surface area contributed by atoms with Gasteiger partial charge in [-0.3, -0.25) is 0 Å². The van der Waals surface area contributed by atoms with Gasteiger partial charge in [-0.15, -0.1) is 11.3 Å². The zero-order valence-electron chi connectivity index (χ0n) is 13.6. The van der Waals surface area contributed by atoms with Crippen LogP contribution in [0.1, 0.15) is 30.4 Å². The number of fused-ring (bicyclic) bond motifs is 4. The van der Waals surface area contributed by atoms with Crippen LogP contribution in [0.3, 0.4) is 0 Å². The molecule has 1 aromatic carbocycles. The van der Waals surface area contributed by atoms with E-state index >= 15 is 0 Å². The van der Waals surface area contributed by atoms with E-state index in [9.17, 15) is 13.5 Å². The zero-order chi connectivity index (χ0) is 17.7. The van der Waals surface area contributed by atoms with Crippen LogP contribution in [0, 0.1) is 5.92 Å². The number of hydrogen-bond acceptors (Lipinski definition) is 4. The summed E-state index contributed by atoms with van der Waals surface area (Å²) in [4.78, 5) is 0. The van der Waals surface area contributed by atoms with Gasteiger partial charge in [-0.1, -0.05) is 35.9 Å². The Morgan fingerprint density at radius 3 is 2.80 bits per heavy atom. The molecular formula is C18H20ClNO3S2. The number of nitrogens with one attached hydrogen (secondary N) is 1. The molecule has 0 saturated heterocycles. The molecule has 134 valence electrons. The molecule has 3 atom stereocenters. The largest absolute Gasteiger partial charge is 0.395 e. The molecule has 0 spiro atoms. The standard InChI is InChI=1S/C18H20ClNO3S2/c19-16-7-8-17(24-16)25(22,23)20-15-9-12-5-6-13-3-1-2-4-14(13)18(15,10-12)11-21/h1-4,7-8,12,15,20-21H,5-6,9-11H2. The maximum absolute atomic E-state index is 12.8. The number of aliphatic hydroxyl groups is 1. The molecule has 2 N–H and O–H groups in total. The van der Waals surface area contributed by atoms with Gasteiger partial charge in [0.15, 0.2) is 0 Å². The minimum atomic E-state index is -3.65. The van der Waals surface area contributed by atoms with Crippen molar-refractivity contribution in [2.45, 2.75) is 41.3 Å². The average molecular weight is 398 g/mol. The number of aryl methyl sites for hydroxylation is 1. The summed E-state index contributed by atoms with van der Waals surface area (Å²) in [7, 11) is -3.65. The lowest BCUT2D eigenvalue weighted by Crippen LogP contribution is -2.49. The van der Waals surface area contributed by atoms with Crippen LogP contribution in [-0.2, 0) is 21.9 Å². The molecule has 2 bridgehead atoms. The second kappa shape index (κ2) is 6.35. The van der Waals surface area contributed by atoms with E-state index in [1.165, 1.54) is 11.6 Å². The fourth-order valence-corrected chi connectivity index (χ4v) is 7.34. The SMILES string of the molecule is O=S(=O)(NC1CC2CCc3ccccc3C1(CO)C2)c1ccc(Cl)s1. The van der Waals surface area contributed by atoms with E-state index in [-0.39, 0.29) is 16.9 Å². The van der Waals surface area contributed by atoms with Crippen LogP contribution in [-0.4, -0.2) is 26.2 Å². The van der Waals surface area contributed by atoms with Crippen LogP contribution < -0.4 is 4.72 Å². The molecule has 25 heavy (non-hydrogen) atoms.